The van der Waals surface area contributed by atoms with Gasteiger partial charge in [0.05, 0.1) is 19.4 Å². The molecular weight excluding hydrogens is 298 g/mol. The van der Waals surface area contributed by atoms with Gasteiger partial charge in [-0.15, -0.1) is 10.2 Å². The Kier molecular flexibility index (Phi) is 5.15. The first-order valence-electron chi connectivity index (χ1n) is 7.12. The van der Waals surface area contributed by atoms with Crippen molar-refractivity contribution >= 4 is 11.8 Å². The van der Waals surface area contributed by atoms with Crippen LogP contribution in [0.2, 0.25) is 0 Å². The van der Waals surface area contributed by atoms with Gasteiger partial charge in [0.2, 0.25) is 0 Å². The molecule has 0 N–H and O–H groups in total. The summed E-state index contributed by atoms with van der Waals surface area (Å²) in [6, 6.07) is 13.7. The predicted octanol–water partition coefficient (Wildman–Crippen LogP) is 3.48. The molecule has 0 fully saturated rings. The molecule has 0 aliphatic rings. The van der Waals surface area contributed by atoms with Crippen LogP contribution in [0.5, 0.6) is 5.75 Å². The van der Waals surface area contributed by atoms with E-state index in [9.17, 15) is 0 Å². The van der Waals surface area contributed by atoms with Gasteiger partial charge < -0.3 is 13.7 Å². The van der Waals surface area contributed by atoms with Crippen LogP contribution in [-0.4, -0.2) is 27.1 Å². The van der Waals surface area contributed by atoms with Gasteiger partial charge in [-0.1, -0.05) is 30.0 Å². The van der Waals surface area contributed by atoms with Crippen LogP contribution < -0.4 is 4.74 Å². The van der Waals surface area contributed by atoms with Crippen LogP contribution in [0.25, 0.3) is 0 Å². The molecule has 22 heavy (non-hydrogen) atoms. The molecule has 0 bridgehead atoms. The highest BCUT2D eigenvalue weighted by molar-refractivity contribution is 7.99. The predicted molar refractivity (Wildman–Crippen MR) is 85.1 cm³/mol. The zero-order chi connectivity index (χ0) is 15.0. The number of ether oxygens (including phenoxy) is 1. The van der Waals surface area contributed by atoms with Crippen molar-refractivity contribution in [3.63, 3.8) is 0 Å². The van der Waals surface area contributed by atoms with Crippen molar-refractivity contribution in [1.82, 2.24) is 14.8 Å². The standard InChI is InChI=1S/C16H17N3O2S/c1-2-6-14(7-3-1)20-10-5-11-22-16-18-17-13-19(16)12-15-8-4-9-21-15/h1-4,6-9,13H,5,10-12H2. The minimum atomic E-state index is 0.656. The Balaban J connectivity index is 1.41. The number of nitrogens with zero attached hydrogens (tertiary/aromatic N) is 3. The summed E-state index contributed by atoms with van der Waals surface area (Å²) in [6.07, 6.45) is 4.35. The summed E-state index contributed by atoms with van der Waals surface area (Å²) >= 11 is 1.68. The van der Waals surface area contributed by atoms with E-state index in [0.29, 0.717) is 13.2 Å². The minimum Gasteiger partial charge on any atom is -0.494 e. The van der Waals surface area contributed by atoms with Gasteiger partial charge in [0.15, 0.2) is 5.16 Å². The fourth-order valence-electron chi connectivity index (χ4n) is 1.96. The number of hydrogen-bond donors (Lipinski definition) is 0. The Hall–Kier alpha value is -2.21. The summed E-state index contributed by atoms with van der Waals surface area (Å²) in [5.74, 6) is 2.74. The maximum Gasteiger partial charge on any atom is 0.191 e. The van der Waals surface area contributed by atoms with Crippen LogP contribution >= 0.6 is 11.8 Å². The van der Waals surface area contributed by atoms with Gasteiger partial charge in [0.1, 0.15) is 17.8 Å². The molecule has 0 radical (unpaired) electrons. The Morgan fingerprint density at radius 3 is 2.86 bits per heavy atom. The molecule has 2 aromatic heterocycles. The molecule has 0 aliphatic heterocycles. The molecule has 0 atom stereocenters. The average Bonchev–Trinajstić information content (AvgIpc) is 3.21. The van der Waals surface area contributed by atoms with Crippen molar-refractivity contribution in [2.24, 2.45) is 0 Å². The summed E-state index contributed by atoms with van der Waals surface area (Å²) in [7, 11) is 0. The number of aromatic nitrogens is 3. The second kappa shape index (κ2) is 7.70. The summed E-state index contributed by atoms with van der Waals surface area (Å²) in [6.45, 7) is 1.35. The van der Waals surface area contributed by atoms with E-state index in [4.69, 9.17) is 9.15 Å². The summed E-state index contributed by atoms with van der Waals surface area (Å²) in [4.78, 5) is 0. The lowest BCUT2D eigenvalue weighted by Gasteiger charge is -2.06. The maximum absolute atomic E-state index is 5.67. The normalized spacial score (nSPS) is 10.7. The highest BCUT2D eigenvalue weighted by atomic mass is 32.2. The van der Waals surface area contributed by atoms with E-state index in [1.54, 1.807) is 24.4 Å². The summed E-state index contributed by atoms with van der Waals surface area (Å²) in [5, 5.41) is 9.01. The topological polar surface area (TPSA) is 53.1 Å². The quantitative estimate of drug-likeness (QED) is 0.470. The monoisotopic (exact) mass is 315 g/mol. The first-order valence-corrected chi connectivity index (χ1v) is 8.11. The largest absolute Gasteiger partial charge is 0.494 e. The Morgan fingerprint density at radius 2 is 2.05 bits per heavy atom. The number of para-hydroxylation sites is 1. The van der Waals surface area contributed by atoms with Crippen molar-refractivity contribution in [2.75, 3.05) is 12.4 Å². The Bertz CT molecular complexity index is 668. The van der Waals surface area contributed by atoms with Crippen LogP contribution in [0.1, 0.15) is 12.2 Å². The van der Waals surface area contributed by atoms with E-state index >= 15 is 0 Å². The third kappa shape index (κ3) is 4.14. The number of furan rings is 1. The van der Waals surface area contributed by atoms with Gasteiger partial charge in [-0.3, -0.25) is 0 Å². The lowest BCUT2D eigenvalue weighted by Crippen LogP contribution is -2.01. The molecule has 1 aromatic carbocycles. The van der Waals surface area contributed by atoms with E-state index in [0.717, 1.165) is 28.8 Å². The lowest BCUT2D eigenvalue weighted by molar-refractivity contribution is 0.318. The van der Waals surface area contributed by atoms with E-state index in [-0.39, 0.29) is 0 Å². The van der Waals surface area contributed by atoms with Crippen LogP contribution in [0, 0.1) is 0 Å². The molecular formula is C16H17N3O2S. The lowest BCUT2D eigenvalue weighted by atomic mass is 10.3. The number of thioether (sulfide) groups is 1. The van der Waals surface area contributed by atoms with Crippen molar-refractivity contribution in [3.05, 3.63) is 60.8 Å². The molecule has 3 rings (SSSR count). The van der Waals surface area contributed by atoms with Gasteiger partial charge >= 0.3 is 0 Å². The first kappa shape index (κ1) is 14.7. The fraction of sp³-hybridized carbons (Fsp3) is 0.250. The molecule has 114 valence electrons. The van der Waals surface area contributed by atoms with Gasteiger partial charge in [0.25, 0.3) is 0 Å². The molecule has 0 aliphatic carbocycles. The molecule has 6 heteroatoms. The molecule has 2 heterocycles. The van der Waals surface area contributed by atoms with E-state index < -0.39 is 0 Å². The van der Waals surface area contributed by atoms with Gasteiger partial charge in [-0.05, 0) is 30.7 Å². The third-order valence-electron chi connectivity index (χ3n) is 3.02. The van der Waals surface area contributed by atoms with E-state index in [1.165, 1.54) is 0 Å². The fourth-order valence-corrected chi connectivity index (χ4v) is 2.79. The Labute approximate surface area is 133 Å². The molecule has 0 amide bonds. The summed E-state index contributed by atoms with van der Waals surface area (Å²) < 4.78 is 13.0. The SMILES string of the molecule is c1ccc(OCCCSc2nncn2Cc2ccco2)cc1. The molecule has 3 aromatic rings. The number of rotatable bonds is 8. The third-order valence-corrected chi connectivity index (χ3v) is 4.09. The number of benzene rings is 1. The number of hydrogen-bond acceptors (Lipinski definition) is 5. The van der Waals surface area contributed by atoms with Crippen LogP contribution in [0.4, 0.5) is 0 Å². The van der Waals surface area contributed by atoms with Gasteiger partial charge in [0, 0.05) is 5.75 Å². The minimum absolute atomic E-state index is 0.656. The zero-order valence-electron chi connectivity index (χ0n) is 12.1. The molecule has 5 nitrogen and oxygen atoms in total. The second-order valence-corrected chi connectivity index (χ2v) is 5.75. The molecule has 0 unspecified atom stereocenters. The van der Waals surface area contributed by atoms with Crippen molar-refractivity contribution in [3.8, 4) is 5.75 Å². The van der Waals surface area contributed by atoms with Crippen molar-refractivity contribution in [1.29, 1.82) is 0 Å². The van der Waals surface area contributed by atoms with Gasteiger partial charge in [-0.25, -0.2) is 0 Å². The average molecular weight is 315 g/mol. The zero-order valence-corrected chi connectivity index (χ0v) is 12.9. The van der Waals surface area contributed by atoms with Crippen molar-refractivity contribution in [2.45, 2.75) is 18.1 Å². The highest BCUT2D eigenvalue weighted by Gasteiger charge is 2.06. The molecule has 0 spiro atoms. The van der Waals surface area contributed by atoms with E-state index in [2.05, 4.69) is 10.2 Å². The molecule has 0 saturated heterocycles. The Morgan fingerprint density at radius 1 is 1.14 bits per heavy atom. The smallest absolute Gasteiger partial charge is 0.191 e. The van der Waals surface area contributed by atoms with Crippen LogP contribution in [-0.2, 0) is 6.54 Å². The second-order valence-electron chi connectivity index (χ2n) is 4.68. The van der Waals surface area contributed by atoms with E-state index in [1.807, 2.05) is 47.0 Å². The van der Waals surface area contributed by atoms with Crippen LogP contribution in [0.3, 0.4) is 0 Å². The first-order chi connectivity index (χ1) is 10.9. The van der Waals surface area contributed by atoms with Crippen molar-refractivity contribution < 1.29 is 9.15 Å². The van der Waals surface area contributed by atoms with Gasteiger partial charge in [-0.2, -0.15) is 0 Å². The highest BCUT2D eigenvalue weighted by Crippen LogP contribution is 2.17. The molecule has 0 saturated carbocycles. The maximum atomic E-state index is 5.67. The summed E-state index contributed by atoms with van der Waals surface area (Å²) in [5.41, 5.74) is 0. The van der Waals surface area contributed by atoms with Crippen LogP contribution in [0.15, 0.2) is 64.6 Å².